The molecule has 12 heteroatoms. The predicted molar refractivity (Wildman–Crippen MR) is 266 cm³/mol. The molecule has 12 N–H and O–H groups in total. The van der Waals surface area contributed by atoms with Crippen LogP contribution >= 0.6 is 11.8 Å². The Balaban J connectivity index is 1.32. The minimum atomic E-state index is 0.0599. The molecule has 0 saturated heterocycles. The molecule has 0 amide bonds. The number of hydrogen-bond acceptors (Lipinski definition) is 12. The highest BCUT2D eigenvalue weighted by Gasteiger charge is 2.21. The average Bonchev–Trinajstić information content (AvgIpc) is 3.30. The van der Waals surface area contributed by atoms with Gasteiger partial charge in [0.05, 0.1) is 0 Å². The van der Waals surface area contributed by atoms with Gasteiger partial charge in [0.15, 0.2) is 0 Å². The maximum atomic E-state index is 10.1. The number of benzene rings is 5. The highest BCUT2D eigenvalue weighted by atomic mass is 32.2. The van der Waals surface area contributed by atoms with E-state index < -0.39 is 0 Å². The van der Waals surface area contributed by atoms with E-state index in [-0.39, 0.29) is 59.2 Å². The molecule has 64 heavy (non-hydrogen) atoms. The Morgan fingerprint density at radius 1 is 0.406 bits per heavy atom. The molecule has 0 aliphatic rings. The molecular formula is C52H73N7O4S. The lowest BCUT2D eigenvalue weighted by Gasteiger charge is -2.29. The Labute approximate surface area is 386 Å². The van der Waals surface area contributed by atoms with E-state index in [1.54, 1.807) is 48.5 Å². The fraction of sp³-hybridized carbons (Fsp3) is 0.423. The van der Waals surface area contributed by atoms with Gasteiger partial charge in [-0.2, -0.15) is 11.8 Å². The largest absolute Gasteiger partial charge is 0.508 e. The van der Waals surface area contributed by atoms with Gasteiger partial charge in [0.1, 0.15) is 23.0 Å². The van der Waals surface area contributed by atoms with Crippen LogP contribution in [0.15, 0.2) is 127 Å². The lowest BCUT2D eigenvalue weighted by Crippen LogP contribution is -2.53. The van der Waals surface area contributed by atoms with Gasteiger partial charge in [-0.05, 0) is 133 Å². The Hall–Kier alpha value is -4.63. The third kappa shape index (κ3) is 19.2. The van der Waals surface area contributed by atoms with E-state index in [0.717, 1.165) is 92.7 Å². The van der Waals surface area contributed by atoms with E-state index in [2.05, 4.69) is 75.4 Å². The average molecular weight is 892 g/mol. The molecule has 0 heterocycles. The number of phenolic OH excluding ortho intramolecular Hbond substituents is 4. The van der Waals surface area contributed by atoms with Crippen LogP contribution in [0.2, 0.25) is 0 Å². The first-order valence-electron chi connectivity index (χ1n) is 22.9. The Morgan fingerprint density at radius 3 is 0.969 bits per heavy atom. The number of thioether (sulfide) groups is 1. The molecule has 346 valence electrons. The summed E-state index contributed by atoms with van der Waals surface area (Å²) in [6.07, 6.45) is 7.13. The number of nitrogens with two attached hydrogens (primary N) is 1. The summed E-state index contributed by atoms with van der Waals surface area (Å²) >= 11 is 1.84. The summed E-state index contributed by atoms with van der Waals surface area (Å²) in [7, 11) is 0. The van der Waals surface area contributed by atoms with Crippen molar-refractivity contribution in [2.75, 3.05) is 57.8 Å². The minimum absolute atomic E-state index is 0.0599. The molecule has 0 unspecified atom stereocenters. The van der Waals surface area contributed by atoms with Crippen LogP contribution in [0.3, 0.4) is 0 Å². The van der Waals surface area contributed by atoms with Crippen LogP contribution in [0.1, 0.15) is 41.2 Å². The van der Waals surface area contributed by atoms with Crippen molar-refractivity contribution in [2.24, 2.45) is 5.73 Å². The summed E-state index contributed by atoms with van der Waals surface area (Å²) in [4.78, 5) is 0. The first-order chi connectivity index (χ1) is 31.2. The smallest absolute Gasteiger partial charge is 0.115 e. The topological polar surface area (TPSA) is 179 Å². The quantitative estimate of drug-likeness (QED) is 0.0270. The lowest BCUT2D eigenvalue weighted by molar-refractivity contribution is 0.360. The van der Waals surface area contributed by atoms with Crippen molar-refractivity contribution in [1.82, 2.24) is 31.9 Å². The summed E-state index contributed by atoms with van der Waals surface area (Å²) in [5.74, 6) is 2.08. The van der Waals surface area contributed by atoms with E-state index in [0.29, 0.717) is 19.6 Å². The van der Waals surface area contributed by atoms with Crippen LogP contribution in [0.4, 0.5) is 0 Å². The molecule has 0 bridgehead atoms. The molecule has 0 aliphatic carbocycles. The van der Waals surface area contributed by atoms with Gasteiger partial charge in [-0.1, -0.05) is 85.8 Å². The zero-order valence-corrected chi connectivity index (χ0v) is 38.6. The van der Waals surface area contributed by atoms with Crippen molar-refractivity contribution in [1.29, 1.82) is 0 Å². The summed E-state index contributed by atoms with van der Waals surface area (Å²) in [6, 6.07) is 41.4. The second-order valence-corrected chi connectivity index (χ2v) is 18.0. The fourth-order valence-corrected chi connectivity index (χ4v) is 8.56. The molecule has 0 spiro atoms. The lowest BCUT2D eigenvalue weighted by atomic mass is 10.0. The van der Waals surface area contributed by atoms with Crippen LogP contribution in [-0.2, 0) is 32.1 Å². The van der Waals surface area contributed by atoms with Gasteiger partial charge in [-0.25, -0.2) is 0 Å². The third-order valence-corrected chi connectivity index (χ3v) is 12.4. The van der Waals surface area contributed by atoms with Crippen molar-refractivity contribution in [3.05, 3.63) is 155 Å². The molecule has 6 atom stereocenters. The molecule has 0 aromatic heterocycles. The number of nitrogens with one attached hydrogen (secondary N) is 6. The number of hydrogen-bond donors (Lipinski definition) is 11. The van der Waals surface area contributed by atoms with Gasteiger partial charge < -0.3 is 58.1 Å². The summed E-state index contributed by atoms with van der Waals surface area (Å²) in [6.45, 7) is 7.20. The number of rotatable bonds is 31. The molecule has 5 rings (SSSR count). The second-order valence-electron chi connectivity index (χ2n) is 17.0. The zero-order chi connectivity index (χ0) is 45.4. The van der Waals surface area contributed by atoms with E-state index >= 15 is 0 Å². The van der Waals surface area contributed by atoms with Crippen LogP contribution in [-0.4, -0.2) is 114 Å². The Bertz CT molecular complexity index is 1980. The van der Waals surface area contributed by atoms with Crippen molar-refractivity contribution in [3.63, 3.8) is 0 Å². The zero-order valence-electron chi connectivity index (χ0n) is 37.8. The van der Waals surface area contributed by atoms with Gasteiger partial charge in [0, 0.05) is 75.5 Å². The molecule has 0 saturated carbocycles. The van der Waals surface area contributed by atoms with Gasteiger partial charge in [0.25, 0.3) is 0 Å². The SMILES string of the molecule is CCN[C@H](CN[C@H](CN[C@H](CN[C@H](CN[C@H](CN[C@H](CN)CCSC)Cc1ccc(O)cc1)Cc1ccccc1)Cc1ccc(O)cc1)Cc1ccc(O)cc1)Cc1ccc(O)cc1. The summed E-state index contributed by atoms with van der Waals surface area (Å²) in [5.41, 5.74) is 12.0. The molecule has 0 radical (unpaired) electrons. The molecule has 11 nitrogen and oxygen atoms in total. The highest BCUT2D eigenvalue weighted by Crippen LogP contribution is 2.16. The predicted octanol–water partition coefficient (Wildman–Crippen LogP) is 5.50. The van der Waals surface area contributed by atoms with Gasteiger partial charge in [-0.3, -0.25) is 0 Å². The van der Waals surface area contributed by atoms with Gasteiger partial charge in [-0.15, -0.1) is 0 Å². The van der Waals surface area contributed by atoms with E-state index in [1.807, 2.05) is 60.3 Å². The second kappa shape index (κ2) is 28.3. The van der Waals surface area contributed by atoms with Gasteiger partial charge in [0.2, 0.25) is 0 Å². The molecule has 5 aromatic rings. The summed E-state index contributed by atoms with van der Waals surface area (Å²) < 4.78 is 0. The van der Waals surface area contributed by atoms with E-state index in [4.69, 9.17) is 5.73 Å². The molecule has 0 fully saturated rings. The minimum Gasteiger partial charge on any atom is -0.508 e. The van der Waals surface area contributed by atoms with E-state index in [9.17, 15) is 20.4 Å². The van der Waals surface area contributed by atoms with Gasteiger partial charge >= 0.3 is 0 Å². The first-order valence-corrected chi connectivity index (χ1v) is 24.3. The van der Waals surface area contributed by atoms with Crippen molar-refractivity contribution < 1.29 is 20.4 Å². The first kappa shape index (κ1) is 50.4. The van der Waals surface area contributed by atoms with Crippen molar-refractivity contribution in [2.45, 2.75) is 81.7 Å². The Kier molecular flexibility index (Phi) is 22.3. The van der Waals surface area contributed by atoms with E-state index in [1.165, 1.54) is 5.56 Å². The standard InChI is InChI=1S/C52H73N7O4S/c1-3-54-44(28-39-9-17-49(60)18-10-39)33-56-47(30-41-13-21-51(62)22-14-41)36-59-48(31-42-15-23-52(63)24-16-42)37-57-45(27-38-7-5-4-6-8-38)35-58-46(29-40-11-19-50(61)20-12-40)34-55-43(32-53)25-26-64-2/h4-24,43-48,54-63H,3,25-37,53H2,1-2H3/t43-,44-,45-,46-,47-,48-/m0/s1. The van der Waals surface area contributed by atoms with Crippen LogP contribution in [0, 0.1) is 0 Å². The number of phenols is 4. The van der Waals surface area contributed by atoms with Crippen molar-refractivity contribution >= 4 is 11.8 Å². The normalized spacial score (nSPS) is 14.4. The van der Waals surface area contributed by atoms with Crippen molar-refractivity contribution in [3.8, 4) is 23.0 Å². The van der Waals surface area contributed by atoms with Crippen LogP contribution < -0.4 is 37.6 Å². The maximum absolute atomic E-state index is 10.1. The highest BCUT2D eigenvalue weighted by molar-refractivity contribution is 7.98. The number of aromatic hydroxyl groups is 4. The Morgan fingerprint density at radius 2 is 0.688 bits per heavy atom. The maximum Gasteiger partial charge on any atom is 0.115 e. The molecule has 5 aromatic carbocycles. The summed E-state index contributed by atoms with van der Waals surface area (Å²) in [5, 5.41) is 63.2. The number of likely N-dealkylation sites (N-methyl/N-ethyl adjacent to an activating group) is 1. The monoisotopic (exact) mass is 892 g/mol. The third-order valence-electron chi connectivity index (χ3n) is 11.7. The van der Waals surface area contributed by atoms with Crippen LogP contribution in [0.5, 0.6) is 23.0 Å². The molecular weight excluding hydrogens is 819 g/mol. The molecule has 0 aliphatic heterocycles. The van der Waals surface area contributed by atoms with Crippen LogP contribution in [0.25, 0.3) is 0 Å². The fourth-order valence-electron chi connectivity index (χ4n) is 8.04.